The molecule has 11 aromatic carbocycles. The van der Waals surface area contributed by atoms with Crippen molar-refractivity contribution < 1.29 is 101 Å². The number of hydrogen-bond acceptors (Lipinski definition) is 26. The molecule has 0 radical (unpaired) electrons. The van der Waals surface area contributed by atoms with E-state index in [1.807, 2.05) is 116 Å². The van der Waals surface area contributed by atoms with Gasteiger partial charge in [0, 0.05) is 77.3 Å². The van der Waals surface area contributed by atoms with Crippen LogP contribution in [0.25, 0.3) is 33.4 Å². The zero-order chi connectivity index (χ0) is 98.1. The summed E-state index contributed by atoms with van der Waals surface area (Å²) in [6.45, 7) is 19.4. The van der Waals surface area contributed by atoms with Gasteiger partial charge in [-0.15, -0.1) is 0 Å². The maximum atomic E-state index is 13.1. The largest absolute Gasteiger partial charge is 0.497 e. The number of carbonyl (C=O) groups excluding carboxylic acids is 4. The normalized spacial score (nSPS) is 11.4. The lowest BCUT2D eigenvalue weighted by molar-refractivity contribution is -0.385. The van der Waals surface area contributed by atoms with Gasteiger partial charge in [0.2, 0.25) is 0 Å². The standard InChI is InChI=1S/C25H27N3O6S.2C24H25N3O7S.C17H18IN3O6S/c1-3-4-5-15-26-25(29)27-35(32,33)24-17-21(28(30)31)13-14-23(24)34-22-8-6-7-20(16-22)19-11-9-18(2)10-12-19;1-24(2,3)25-23(28)26-35(31,32)22-15-18(27(29)30)10-13-21(22)34-20-7-5-6-17(14-20)16-8-11-19(33-4)12-9-16;1-24(2,3)25-23(28)26-35(31,32)22-15-17(27(29)30)11-14-21(22)34-20-8-6-5-7-19(20)16-9-12-18(33-4)13-10-16;1-17(2,3)19-16(22)20-28(25,26)15-10-11(21(23)24)8-9-14(15)27-13-7-5-4-6-12(13)18/h6-14,16-17H,3-5,15H2,1-2H3,(H2,26,27,29);2*5-15H,1-4H3,(H2,25,26,28);4-10H,1-3H3,(H2,19,20,22). The molecule has 0 aliphatic carbocycles. The molecule has 38 nitrogen and oxygen atoms in total. The molecule has 0 aliphatic heterocycles. The van der Waals surface area contributed by atoms with Gasteiger partial charge in [-0.3, -0.25) is 40.5 Å². The summed E-state index contributed by atoms with van der Waals surface area (Å²) in [5.41, 5.74) is 2.04. The van der Waals surface area contributed by atoms with Crippen LogP contribution in [-0.2, 0) is 40.1 Å². The highest BCUT2D eigenvalue weighted by molar-refractivity contribution is 14.1. The number of nitrogens with one attached hydrogen (secondary N) is 8. The van der Waals surface area contributed by atoms with Crippen LogP contribution >= 0.6 is 22.6 Å². The molecule has 0 aromatic heterocycles. The van der Waals surface area contributed by atoms with Crippen LogP contribution < -0.4 is 68.6 Å². The number of non-ortho nitro benzene ring substituents is 4. The monoisotopic (exact) mass is 2010 g/mol. The van der Waals surface area contributed by atoms with Gasteiger partial charge in [-0.25, -0.2) is 71.7 Å². The van der Waals surface area contributed by atoms with Crippen molar-refractivity contribution in [1.82, 2.24) is 40.2 Å². The molecule has 0 fully saturated rings. The molecule has 0 atom stereocenters. The quantitative estimate of drug-likeness (QED) is 0.00934. The molecule has 11 rings (SSSR count). The van der Waals surface area contributed by atoms with E-state index in [2.05, 4.69) is 21.3 Å². The topological polar surface area (TPSA) is 529 Å². The number of benzene rings is 11. The van der Waals surface area contributed by atoms with Crippen molar-refractivity contribution in [3.8, 4) is 90.9 Å². The number of amides is 8. The van der Waals surface area contributed by atoms with Crippen molar-refractivity contribution in [3.63, 3.8) is 0 Å². The Bertz CT molecular complexity index is 6600. The second-order valence-corrected chi connectivity index (χ2v) is 39.5. The first-order valence-electron chi connectivity index (χ1n) is 40.0. The number of nitrogens with zero attached hydrogens (tertiary/aromatic N) is 4. The summed E-state index contributed by atoms with van der Waals surface area (Å²) in [7, 11) is -14.8. The summed E-state index contributed by atoms with van der Waals surface area (Å²) in [6, 6.07) is 58.8. The molecule has 0 aliphatic rings. The second-order valence-electron chi connectivity index (χ2n) is 31.8. The molecule has 0 heterocycles. The number of hydrogen-bond donors (Lipinski definition) is 8. The molecule has 0 spiro atoms. The van der Waals surface area contributed by atoms with E-state index >= 15 is 0 Å². The fraction of sp³-hybridized carbons (Fsp3) is 0.222. The van der Waals surface area contributed by atoms with Crippen LogP contribution in [0.3, 0.4) is 0 Å². The molecule has 0 bridgehead atoms. The number of para-hydroxylation sites is 2. The number of aryl methyl sites for hydroxylation is 1. The van der Waals surface area contributed by atoms with Crippen molar-refractivity contribution in [3.05, 3.63) is 292 Å². The summed E-state index contributed by atoms with van der Waals surface area (Å²) >= 11 is 2.01. The highest BCUT2D eigenvalue weighted by Crippen LogP contribution is 2.41. The third-order valence-electron chi connectivity index (χ3n) is 17.6. The minimum atomic E-state index is -4.53. The average Bonchev–Trinajstić information content (AvgIpc) is 0.797. The molecular weight excluding hydrogens is 1920 g/mol. The van der Waals surface area contributed by atoms with Crippen molar-refractivity contribution >= 4 is 110 Å². The summed E-state index contributed by atoms with van der Waals surface area (Å²) < 4.78 is 145. The molecule has 0 saturated carbocycles. The smallest absolute Gasteiger partial charge is 0.329 e. The van der Waals surface area contributed by atoms with Crippen molar-refractivity contribution in [2.75, 3.05) is 20.8 Å². The number of carbonyl (C=O) groups is 4. The molecular formula is C90H95IN12O26S4. The van der Waals surface area contributed by atoms with Gasteiger partial charge in [-0.05, 0) is 217 Å². The van der Waals surface area contributed by atoms with Crippen molar-refractivity contribution in [1.29, 1.82) is 0 Å². The Hall–Kier alpha value is -14.6. The van der Waals surface area contributed by atoms with Gasteiger partial charge < -0.3 is 49.7 Å². The van der Waals surface area contributed by atoms with Gasteiger partial charge in [-0.1, -0.05) is 128 Å². The average molecular weight is 2020 g/mol. The van der Waals surface area contributed by atoms with Gasteiger partial charge >= 0.3 is 24.1 Å². The minimum Gasteiger partial charge on any atom is -0.497 e. The van der Waals surface area contributed by atoms with E-state index < -0.39 is 143 Å². The van der Waals surface area contributed by atoms with E-state index in [0.717, 1.165) is 94.8 Å². The Labute approximate surface area is 780 Å². The van der Waals surface area contributed by atoms with E-state index in [-0.39, 0.29) is 23.0 Å². The van der Waals surface area contributed by atoms with Crippen LogP contribution in [0, 0.1) is 51.0 Å². The molecule has 702 valence electrons. The van der Waals surface area contributed by atoms with Crippen molar-refractivity contribution in [2.24, 2.45) is 0 Å². The number of sulfonamides is 4. The summed E-state index contributed by atoms with van der Waals surface area (Å²) in [4.78, 5) is 88.5. The SMILES string of the molecule is CC(C)(C)NC(=O)NS(=O)(=O)c1cc([N+](=O)[O-])ccc1Oc1ccccc1I.CCCCCNC(=O)NS(=O)(=O)c1cc([N+](=O)[O-])ccc1Oc1cccc(-c2ccc(C)cc2)c1.COc1ccc(-c2cccc(Oc3ccc([N+](=O)[O-])cc3S(=O)(=O)NC(=O)NC(C)(C)C)c2)cc1.COc1ccc(-c2ccccc2Oc2ccc([N+](=O)[O-])cc2S(=O)(=O)NC(=O)NC(C)(C)C)cc1. The van der Waals surface area contributed by atoms with Crippen LogP contribution in [0.2, 0.25) is 0 Å². The third kappa shape index (κ3) is 31.6. The lowest BCUT2D eigenvalue weighted by Gasteiger charge is -2.21. The fourth-order valence-corrected chi connectivity index (χ4v) is 16.4. The van der Waals surface area contributed by atoms with E-state index in [0.29, 0.717) is 56.6 Å². The predicted octanol–water partition coefficient (Wildman–Crippen LogP) is 19.0. The molecule has 0 saturated heterocycles. The van der Waals surface area contributed by atoms with Gasteiger partial charge in [-0.2, -0.15) is 0 Å². The minimum absolute atomic E-state index is 0.147. The van der Waals surface area contributed by atoms with Crippen LogP contribution in [0.5, 0.6) is 57.5 Å². The molecule has 8 N–H and O–H groups in total. The van der Waals surface area contributed by atoms with E-state index in [9.17, 15) is 93.3 Å². The maximum absolute atomic E-state index is 13.1. The Morgan fingerprint density at radius 1 is 0.338 bits per heavy atom. The maximum Gasteiger partial charge on any atom is 0.329 e. The first-order chi connectivity index (χ1) is 62.3. The van der Waals surface area contributed by atoms with Gasteiger partial charge in [0.1, 0.15) is 77.1 Å². The van der Waals surface area contributed by atoms with E-state index in [4.69, 9.17) is 28.4 Å². The molecule has 11 aromatic rings. The number of ether oxygens (including phenoxy) is 6. The van der Waals surface area contributed by atoms with Crippen LogP contribution in [-0.4, -0.2) is 115 Å². The lowest BCUT2D eigenvalue weighted by Crippen LogP contribution is -2.48. The first-order valence-corrected chi connectivity index (χ1v) is 47.0. The molecule has 0 unspecified atom stereocenters. The Morgan fingerprint density at radius 2 is 0.654 bits per heavy atom. The number of nitro groups is 4. The van der Waals surface area contributed by atoms with Gasteiger partial charge in [0.25, 0.3) is 62.8 Å². The van der Waals surface area contributed by atoms with E-state index in [1.165, 1.54) is 24.3 Å². The third-order valence-corrected chi connectivity index (χ3v) is 23.9. The van der Waals surface area contributed by atoms with Crippen LogP contribution in [0.1, 0.15) is 94.1 Å². The Morgan fingerprint density at radius 3 is 0.992 bits per heavy atom. The number of unbranched alkanes of at least 4 members (excludes halogenated alkanes) is 2. The zero-order valence-corrected chi connectivity index (χ0v) is 79.3. The first kappa shape index (κ1) is 104. The van der Waals surface area contributed by atoms with Gasteiger partial charge in [0.05, 0.1) is 37.5 Å². The number of rotatable bonds is 29. The zero-order valence-electron chi connectivity index (χ0n) is 73.8. The summed E-state index contributed by atoms with van der Waals surface area (Å²) in [6.07, 6.45) is 2.53. The highest BCUT2D eigenvalue weighted by atomic mass is 127. The number of halogens is 1. The summed E-state index contributed by atoms with van der Waals surface area (Å²) in [5, 5.41) is 54.8. The van der Waals surface area contributed by atoms with Crippen LogP contribution in [0.15, 0.2) is 262 Å². The van der Waals surface area contributed by atoms with E-state index in [1.54, 1.807) is 186 Å². The lowest BCUT2D eigenvalue weighted by atomic mass is 10.0. The highest BCUT2D eigenvalue weighted by Gasteiger charge is 2.33. The second kappa shape index (κ2) is 45.3. The number of urea groups is 4. The molecule has 43 heteroatoms. The van der Waals surface area contributed by atoms with Gasteiger partial charge in [0.15, 0.2) is 0 Å². The Balaban J connectivity index is 0.000000219. The van der Waals surface area contributed by atoms with Crippen LogP contribution in [0.4, 0.5) is 41.9 Å². The van der Waals surface area contributed by atoms with Crippen molar-refractivity contribution in [2.45, 2.75) is 132 Å². The molecule has 8 amide bonds. The number of methoxy groups -OCH3 is 2. The fourth-order valence-electron chi connectivity index (χ4n) is 11.6. The number of nitro benzene ring substituents is 4. The predicted molar refractivity (Wildman–Crippen MR) is 504 cm³/mol. The molecule has 133 heavy (non-hydrogen) atoms. The Kier molecular flexibility index (Phi) is 35.4. The summed E-state index contributed by atoms with van der Waals surface area (Å²) in [5.74, 6) is 2.00.